The minimum absolute atomic E-state index is 1.11. The molecule has 0 unspecified atom stereocenters. The number of hydrogen-bond donors (Lipinski definition) is 2. The standard InChI is InChI=1S/C6H2Cl2O6/c7-1(2(8)5(11)12)3(9)4(10)6(13)14/h(H,11,12)(H,13,14)/b2-1+. The van der Waals surface area contributed by atoms with Gasteiger partial charge in [0.05, 0.1) is 0 Å². The number of carboxylic acids is 2. The van der Waals surface area contributed by atoms with Crippen molar-refractivity contribution in [1.29, 1.82) is 0 Å². The second-order valence-electron chi connectivity index (χ2n) is 1.90. The highest BCUT2D eigenvalue weighted by atomic mass is 35.5. The van der Waals surface area contributed by atoms with Crippen molar-refractivity contribution in [2.24, 2.45) is 0 Å². The molecule has 0 aliphatic rings. The van der Waals surface area contributed by atoms with Crippen LogP contribution in [0.2, 0.25) is 0 Å². The number of Topliss-reactive ketones (excluding diaryl/α,β-unsaturated/α-hetero) is 2. The Hall–Kier alpha value is -1.40. The van der Waals surface area contributed by atoms with Gasteiger partial charge in [0.2, 0.25) is 0 Å². The van der Waals surface area contributed by atoms with E-state index in [9.17, 15) is 19.2 Å². The molecule has 0 radical (unpaired) electrons. The van der Waals surface area contributed by atoms with Crippen LogP contribution in [-0.2, 0) is 19.2 Å². The van der Waals surface area contributed by atoms with Gasteiger partial charge in [0.15, 0.2) is 0 Å². The van der Waals surface area contributed by atoms with Crippen LogP contribution in [-0.4, -0.2) is 33.7 Å². The fourth-order valence-electron chi connectivity index (χ4n) is 0.390. The second-order valence-corrected chi connectivity index (χ2v) is 2.65. The van der Waals surface area contributed by atoms with E-state index in [1.54, 1.807) is 0 Å². The molecule has 0 rings (SSSR count). The topological polar surface area (TPSA) is 109 Å². The Morgan fingerprint density at radius 1 is 0.714 bits per heavy atom. The lowest BCUT2D eigenvalue weighted by atomic mass is 10.2. The molecule has 0 aromatic heterocycles. The van der Waals surface area contributed by atoms with Gasteiger partial charge < -0.3 is 10.2 Å². The molecule has 0 amide bonds. The van der Waals surface area contributed by atoms with Crippen molar-refractivity contribution < 1.29 is 29.4 Å². The monoisotopic (exact) mass is 240 g/mol. The van der Waals surface area contributed by atoms with Crippen LogP contribution in [0.4, 0.5) is 0 Å². The molecule has 0 heterocycles. The van der Waals surface area contributed by atoms with Crippen LogP contribution in [0.3, 0.4) is 0 Å². The maximum Gasteiger partial charge on any atom is 0.380 e. The van der Waals surface area contributed by atoms with Crippen LogP contribution in [0.25, 0.3) is 0 Å². The van der Waals surface area contributed by atoms with Crippen molar-refractivity contribution in [3.05, 3.63) is 10.1 Å². The molecule has 76 valence electrons. The summed E-state index contributed by atoms with van der Waals surface area (Å²) in [6.07, 6.45) is 0. The third kappa shape index (κ3) is 2.82. The Morgan fingerprint density at radius 3 is 1.43 bits per heavy atom. The van der Waals surface area contributed by atoms with Crippen molar-refractivity contribution >= 4 is 46.7 Å². The maximum absolute atomic E-state index is 10.8. The fraction of sp³-hybridized carbons (Fsp3) is 0. The molecule has 8 heteroatoms. The van der Waals surface area contributed by atoms with Crippen LogP contribution in [0, 0.1) is 0 Å². The second kappa shape index (κ2) is 4.73. The molecule has 0 aliphatic carbocycles. The average molecular weight is 241 g/mol. The minimum Gasteiger partial charge on any atom is -0.477 e. The molecule has 0 aromatic carbocycles. The van der Waals surface area contributed by atoms with Crippen LogP contribution in [0.15, 0.2) is 10.1 Å². The van der Waals surface area contributed by atoms with E-state index in [1.165, 1.54) is 0 Å². The number of allylic oxidation sites excluding steroid dienone is 1. The number of ketones is 2. The first-order valence-corrected chi connectivity index (χ1v) is 3.65. The Bertz CT molecular complexity index is 355. The summed E-state index contributed by atoms with van der Waals surface area (Å²) in [6, 6.07) is 0. The normalized spacial score (nSPS) is 11.6. The highest BCUT2D eigenvalue weighted by Gasteiger charge is 2.28. The van der Waals surface area contributed by atoms with Crippen molar-refractivity contribution in [3.8, 4) is 0 Å². The summed E-state index contributed by atoms with van der Waals surface area (Å²) in [5, 5.41) is 14.1. The van der Waals surface area contributed by atoms with Crippen molar-refractivity contribution in [3.63, 3.8) is 0 Å². The number of rotatable bonds is 4. The van der Waals surface area contributed by atoms with Gasteiger partial charge in [-0.3, -0.25) is 9.59 Å². The number of carboxylic acid groups (broad SMARTS) is 2. The summed E-state index contributed by atoms with van der Waals surface area (Å²) >= 11 is 10.0. The molecule has 0 bridgehead atoms. The zero-order valence-corrected chi connectivity index (χ0v) is 7.80. The van der Waals surface area contributed by atoms with Gasteiger partial charge in [-0.1, -0.05) is 23.2 Å². The summed E-state index contributed by atoms with van der Waals surface area (Å²) in [6.45, 7) is 0. The van der Waals surface area contributed by atoms with E-state index in [0.29, 0.717) is 0 Å². The van der Waals surface area contributed by atoms with Gasteiger partial charge in [0.1, 0.15) is 10.1 Å². The smallest absolute Gasteiger partial charge is 0.380 e. The van der Waals surface area contributed by atoms with Crippen LogP contribution >= 0.6 is 23.2 Å². The van der Waals surface area contributed by atoms with Gasteiger partial charge in [-0.25, -0.2) is 9.59 Å². The molecule has 2 N–H and O–H groups in total. The average Bonchev–Trinajstić information content (AvgIpc) is 2.12. The first kappa shape index (κ1) is 12.6. The van der Waals surface area contributed by atoms with Crippen LogP contribution < -0.4 is 0 Å². The van der Waals surface area contributed by atoms with Gasteiger partial charge in [-0.15, -0.1) is 0 Å². The predicted octanol–water partition coefficient (Wildman–Crippen LogP) is -0.0170. The zero-order chi connectivity index (χ0) is 11.5. The molecular formula is C6H2Cl2O6. The van der Waals surface area contributed by atoms with E-state index < -0.39 is 33.6 Å². The van der Waals surface area contributed by atoms with E-state index in [0.717, 1.165) is 0 Å². The fourth-order valence-corrected chi connectivity index (χ4v) is 0.643. The number of aliphatic carboxylic acids is 2. The highest BCUT2D eigenvalue weighted by molar-refractivity contribution is 6.72. The summed E-state index contributed by atoms with van der Waals surface area (Å²) in [5.41, 5.74) is 0. The lowest BCUT2D eigenvalue weighted by Gasteiger charge is -1.95. The van der Waals surface area contributed by atoms with Gasteiger partial charge in [-0.05, 0) is 0 Å². The van der Waals surface area contributed by atoms with E-state index in [2.05, 4.69) is 0 Å². The quantitative estimate of drug-likeness (QED) is 0.406. The first-order chi connectivity index (χ1) is 6.29. The molecular weight excluding hydrogens is 239 g/mol. The van der Waals surface area contributed by atoms with Crippen molar-refractivity contribution in [1.82, 2.24) is 0 Å². The molecule has 0 aliphatic heterocycles. The highest BCUT2D eigenvalue weighted by Crippen LogP contribution is 2.15. The number of halogens is 2. The summed E-state index contributed by atoms with van der Waals surface area (Å²) in [7, 11) is 0. The predicted molar refractivity (Wildman–Crippen MR) is 44.0 cm³/mol. The number of hydrogen-bond acceptors (Lipinski definition) is 4. The molecule has 0 fully saturated rings. The van der Waals surface area contributed by atoms with Crippen LogP contribution in [0.5, 0.6) is 0 Å². The van der Waals surface area contributed by atoms with Gasteiger partial charge >= 0.3 is 17.7 Å². The van der Waals surface area contributed by atoms with Crippen molar-refractivity contribution in [2.45, 2.75) is 0 Å². The molecule has 6 nitrogen and oxygen atoms in total. The van der Waals surface area contributed by atoms with Gasteiger partial charge in [-0.2, -0.15) is 0 Å². The van der Waals surface area contributed by atoms with Crippen molar-refractivity contribution in [2.75, 3.05) is 0 Å². The van der Waals surface area contributed by atoms with Crippen LogP contribution in [0.1, 0.15) is 0 Å². The Kier molecular flexibility index (Phi) is 4.26. The summed E-state index contributed by atoms with van der Waals surface area (Å²) < 4.78 is 0. The molecule has 14 heavy (non-hydrogen) atoms. The maximum atomic E-state index is 10.8. The van der Waals surface area contributed by atoms with E-state index in [4.69, 9.17) is 33.4 Å². The lowest BCUT2D eigenvalue weighted by molar-refractivity contribution is -0.152. The van der Waals surface area contributed by atoms with E-state index >= 15 is 0 Å². The lowest BCUT2D eigenvalue weighted by Crippen LogP contribution is -2.24. The SMILES string of the molecule is O=C(O)C(=O)C(=O)/C(Cl)=C(\Cl)C(=O)O. The third-order valence-corrected chi connectivity index (χ3v) is 1.79. The summed E-state index contributed by atoms with van der Waals surface area (Å²) in [4.78, 5) is 41.4. The largest absolute Gasteiger partial charge is 0.477 e. The summed E-state index contributed by atoms with van der Waals surface area (Å²) in [5.74, 6) is -7.30. The Labute approximate surface area is 86.7 Å². The molecule has 0 aromatic rings. The first-order valence-electron chi connectivity index (χ1n) is 2.89. The Balaban J connectivity index is 5.07. The molecule has 0 saturated heterocycles. The third-order valence-electron chi connectivity index (χ3n) is 0.980. The molecule has 0 spiro atoms. The van der Waals surface area contributed by atoms with Gasteiger partial charge in [0, 0.05) is 0 Å². The zero-order valence-electron chi connectivity index (χ0n) is 6.28. The van der Waals surface area contributed by atoms with E-state index in [1.807, 2.05) is 0 Å². The number of carbonyl (C=O) groups is 4. The molecule has 0 atom stereocenters. The van der Waals surface area contributed by atoms with E-state index in [-0.39, 0.29) is 0 Å². The Morgan fingerprint density at radius 2 is 1.14 bits per heavy atom. The van der Waals surface area contributed by atoms with Gasteiger partial charge in [0.25, 0.3) is 5.78 Å². The minimum atomic E-state index is -2.04. The number of carbonyl (C=O) groups excluding carboxylic acids is 2. The molecule has 0 saturated carbocycles.